The maximum atomic E-state index is 12.7. The lowest BCUT2D eigenvalue weighted by molar-refractivity contribution is -0.141. The molecule has 0 radical (unpaired) electrons. The van der Waals surface area contributed by atoms with Crippen molar-refractivity contribution in [3.05, 3.63) is 33.8 Å². The van der Waals surface area contributed by atoms with E-state index < -0.39 is 0 Å². The van der Waals surface area contributed by atoms with Crippen LogP contribution in [-0.4, -0.2) is 36.5 Å². The molecule has 1 saturated carbocycles. The Labute approximate surface area is 133 Å². The summed E-state index contributed by atoms with van der Waals surface area (Å²) < 4.78 is 5.70. The van der Waals surface area contributed by atoms with Gasteiger partial charge in [0.1, 0.15) is 6.54 Å². The fourth-order valence-electron chi connectivity index (χ4n) is 2.73. The summed E-state index contributed by atoms with van der Waals surface area (Å²) in [6.07, 6.45) is 4.13. The van der Waals surface area contributed by atoms with Crippen molar-refractivity contribution in [2.45, 2.75) is 38.6 Å². The molecule has 0 atom stereocenters. The molecular weight excluding hydrogens is 334 g/mol. The molecule has 0 saturated heterocycles. The van der Waals surface area contributed by atoms with Crippen LogP contribution < -0.4 is 0 Å². The summed E-state index contributed by atoms with van der Waals surface area (Å²) >= 11 is 3.43. The Morgan fingerprint density at radius 3 is 2.57 bits per heavy atom. The van der Waals surface area contributed by atoms with Gasteiger partial charge in [0.2, 0.25) is 0 Å². The third kappa shape index (κ3) is 3.84. The zero-order valence-corrected chi connectivity index (χ0v) is 14.0. The van der Waals surface area contributed by atoms with Gasteiger partial charge < -0.3 is 9.64 Å². The van der Waals surface area contributed by atoms with Gasteiger partial charge in [-0.1, -0.05) is 28.8 Å². The third-order valence-electron chi connectivity index (χ3n) is 3.96. The highest BCUT2D eigenvalue weighted by molar-refractivity contribution is 9.10. The normalized spacial score (nSPS) is 15.0. The minimum absolute atomic E-state index is 0.0229. The summed E-state index contributed by atoms with van der Waals surface area (Å²) in [5, 5.41) is 0. The van der Waals surface area contributed by atoms with Crippen LogP contribution in [0, 0.1) is 6.92 Å². The second-order valence-corrected chi connectivity index (χ2v) is 6.27. The van der Waals surface area contributed by atoms with E-state index in [0.717, 1.165) is 35.7 Å². The van der Waals surface area contributed by atoms with Gasteiger partial charge >= 0.3 is 5.97 Å². The molecule has 1 aromatic carbocycles. The number of rotatable bonds is 4. The van der Waals surface area contributed by atoms with E-state index in [2.05, 4.69) is 15.9 Å². The van der Waals surface area contributed by atoms with Gasteiger partial charge in [0.15, 0.2) is 0 Å². The molecule has 21 heavy (non-hydrogen) atoms. The van der Waals surface area contributed by atoms with Crippen molar-refractivity contribution < 1.29 is 14.3 Å². The first-order valence-corrected chi connectivity index (χ1v) is 7.96. The van der Waals surface area contributed by atoms with Crippen LogP contribution in [0.5, 0.6) is 0 Å². The molecule has 1 amide bonds. The smallest absolute Gasteiger partial charge is 0.325 e. The van der Waals surface area contributed by atoms with Crippen LogP contribution in [0.2, 0.25) is 0 Å². The van der Waals surface area contributed by atoms with Crippen molar-refractivity contribution >= 4 is 27.8 Å². The summed E-state index contributed by atoms with van der Waals surface area (Å²) in [5.41, 5.74) is 1.62. The molecule has 0 aliphatic heterocycles. The quantitative estimate of drug-likeness (QED) is 0.780. The van der Waals surface area contributed by atoms with E-state index in [1.165, 1.54) is 7.11 Å². The largest absolute Gasteiger partial charge is 0.468 e. The molecule has 114 valence electrons. The van der Waals surface area contributed by atoms with Crippen molar-refractivity contribution in [2.24, 2.45) is 0 Å². The average molecular weight is 354 g/mol. The molecule has 0 N–H and O–H groups in total. The molecule has 2 rings (SSSR count). The lowest BCUT2D eigenvalue weighted by Gasteiger charge is -2.28. The number of benzene rings is 1. The Bertz CT molecular complexity index is 538. The van der Waals surface area contributed by atoms with E-state index in [1.807, 2.05) is 19.1 Å². The number of carbonyl (C=O) groups is 2. The van der Waals surface area contributed by atoms with Crippen molar-refractivity contribution in [1.82, 2.24) is 4.90 Å². The molecule has 1 aromatic rings. The van der Waals surface area contributed by atoms with Crippen LogP contribution in [0.3, 0.4) is 0 Å². The summed E-state index contributed by atoms with van der Waals surface area (Å²) in [5.74, 6) is -0.466. The standard InChI is InChI=1S/C16H20BrNO3/c1-11-9-12(7-8-14(11)17)16(20)18(10-15(19)21-2)13-5-3-4-6-13/h7-9,13H,3-6,10H2,1-2H3. The minimum atomic E-state index is -0.371. The van der Waals surface area contributed by atoms with Crippen molar-refractivity contribution in [2.75, 3.05) is 13.7 Å². The molecule has 1 fully saturated rings. The lowest BCUT2D eigenvalue weighted by atomic mass is 10.1. The number of amides is 1. The first kappa shape index (κ1) is 16.0. The highest BCUT2D eigenvalue weighted by Gasteiger charge is 2.29. The molecule has 0 aromatic heterocycles. The molecule has 1 aliphatic rings. The van der Waals surface area contributed by atoms with Crippen molar-refractivity contribution in [1.29, 1.82) is 0 Å². The molecule has 0 spiro atoms. The van der Waals surface area contributed by atoms with Gasteiger partial charge in [0, 0.05) is 16.1 Å². The van der Waals surface area contributed by atoms with Gasteiger partial charge in [-0.25, -0.2) is 0 Å². The van der Waals surface area contributed by atoms with Crippen LogP contribution in [0.15, 0.2) is 22.7 Å². The summed E-state index contributed by atoms with van der Waals surface area (Å²) in [6.45, 7) is 1.97. The van der Waals surface area contributed by atoms with Crippen LogP contribution in [0.25, 0.3) is 0 Å². The maximum absolute atomic E-state index is 12.7. The van der Waals surface area contributed by atoms with E-state index in [1.54, 1.807) is 11.0 Å². The highest BCUT2D eigenvalue weighted by atomic mass is 79.9. The van der Waals surface area contributed by atoms with E-state index in [9.17, 15) is 9.59 Å². The van der Waals surface area contributed by atoms with Gasteiger partial charge in [-0.2, -0.15) is 0 Å². The summed E-state index contributed by atoms with van der Waals surface area (Å²) in [6, 6.07) is 5.65. The van der Waals surface area contributed by atoms with Crippen LogP contribution in [-0.2, 0) is 9.53 Å². The number of carbonyl (C=O) groups excluding carboxylic acids is 2. The predicted molar refractivity (Wildman–Crippen MR) is 84.2 cm³/mol. The Hall–Kier alpha value is -1.36. The minimum Gasteiger partial charge on any atom is -0.468 e. The summed E-state index contributed by atoms with van der Waals surface area (Å²) in [4.78, 5) is 26.0. The van der Waals surface area contributed by atoms with Crippen LogP contribution >= 0.6 is 15.9 Å². The zero-order valence-electron chi connectivity index (χ0n) is 12.4. The molecule has 5 heteroatoms. The fourth-order valence-corrected chi connectivity index (χ4v) is 2.98. The monoisotopic (exact) mass is 353 g/mol. The molecule has 1 aliphatic carbocycles. The molecular formula is C16H20BrNO3. The van der Waals surface area contributed by atoms with E-state index in [-0.39, 0.29) is 24.5 Å². The highest BCUT2D eigenvalue weighted by Crippen LogP contribution is 2.26. The Morgan fingerprint density at radius 2 is 2.00 bits per heavy atom. The number of halogens is 1. The number of methoxy groups -OCH3 is 1. The Morgan fingerprint density at radius 1 is 1.33 bits per heavy atom. The first-order chi connectivity index (χ1) is 10.0. The Balaban J connectivity index is 2.23. The third-order valence-corrected chi connectivity index (χ3v) is 4.85. The number of hydrogen-bond donors (Lipinski definition) is 0. The number of hydrogen-bond acceptors (Lipinski definition) is 3. The number of nitrogens with zero attached hydrogens (tertiary/aromatic N) is 1. The average Bonchev–Trinajstić information content (AvgIpc) is 3.00. The Kier molecular flexibility index (Phi) is 5.39. The molecule has 0 heterocycles. The summed E-state index contributed by atoms with van der Waals surface area (Å²) in [7, 11) is 1.35. The van der Waals surface area contributed by atoms with Crippen molar-refractivity contribution in [3.8, 4) is 0 Å². The van der Waals surface area contributed by atoms with Gasteiger partial charge in [-0.15, -0.1) is 0 Å². The van der Waals surface area contributed by atoms with Gasteiger partial charge in [-0.3, -0.25) is 9.59 Å². The number of aryl methyl sites for hydroxylation is 1. The maximum Gasteiger partial charge on any atom is 0.325 e. The predicted octanol–water partition coefficient (Wildman–Crippen LogP) is 3.32. The van der Waals surface area contributed by atoms with Gasteiger partial charge in [0.25, 0.3) is 5.91 Å². The number of ether oxygens (including phenoxy) is 1. The SMILES string of the molecule is COC(=O)CN(C(=O)c1ccc(Br)c(C)c1)C1CCCC1. The fraction of sp³-hybridized carbons (Fsp3) is 0.500. The first-order valence-electron chi connectivity index (χ1n) is 7.17. The van der Waals surface area contributed by atoms with Crippen LogP contribution in [0.1, 0.15) is 41.6 Å². The zero-order chi connectivity index (χ0) is 15.4. The number of esters is 1. The van der Waals surface area contributed by atoms with Gasteiger partial charge in [-0.05, 0) is 43.5 Å². The topological polar surface area (TPSA) is 46.6 Å². The molecule has 4 nitrogen and oxygen atoms in total. The second kappa shape index (κ2) is 7.07. The molecule has 0 bridgehead atoms. The van der Waals surface area contributed by atoms with Crippen molar-refractivity contribution in [3.63, 3.8) is 0 Å². The van der Waals surface area contributed by atoms with Gasteiger partial charge in [0.05, 0.1) is 7.11 Å². The molecule has 0 unspecified atom stereocenters. The van der Waals surface area contributed by atoms with E-state index in [4.69, 9.17) is 4.74 Å². The lowest BCUT2D eigenvalue weighted by Crippen LogP contribution is -2.42. The van der Waals surface area contributed by atoms with Crippen LogP contribution in [0.4, 0.5) is 0 Å². The van der Waals surface area contributed by atoms with E-state index in [0.29, 0.717) is 5.56 Å². The van der Waals surface area contributed by atoms with E-state index >= 15 is 0 Å². The second-order valence-electron chi connectivity index (χ2n) is 5.41.